The van der Waals surface area contributed by atoms with Crippen LogP contribution < -0.4 is 0 Å². The SMILES string of the molecule is [Co].[MgH2].[Ni].[O]=[AlH]. The summed E-state index contributed by atoms with van der Waals surface area (Å²) in [6.45, 7) is 0. The molecule has 0 saturated carbocycles. The molecule has 1 radical (unpaired) electrons. The molecule has 0 aromatic heterocycles. The second-order valence-corrected chi connectivity index (χ2v) is 0. The Labute approximate surface area is 75.6 Å². The fraction of sp³-hybridized carbons (Fsp3) is 0. The van der Waals surface area contributed by atoms with Crippen LogP contribution >= 0.6 is 0 Å². The van der Waals surface area contributed by atoms with E-state index in [-0.39, 0.29) is 56.3 Å². The molecule has 0 bridgehead atoms. The topological polar surface area (TPSA) is 17.1 Å². The first-order chi connectivity index (χ1) is 1.00. The fourth-order valence-corrected chi connectivity index (χ4v) is 0. The van der Waals surface area contributed by atoms with Gasteiger partial charge in [0.25, 0.3) is 0 Å². The van der Waals surface area contributed by atoms with E-state index in [4.69, 9.17) is 3.80 Å². The Bertz CT molecular complexity index is 11.6. The molecule has 0 heterocycles. The van der Waals surface area contributed by atoms with E-state index in [1.807, 2.05) is 0 Å². The first-order valence-electron chi connectivity index (χ1n) is 0.289. The average molecular weight is 188 g/mol. The van der Waals surface area contributed by atoms with Gasteiger partial charge in [-0.15, -0.1) is 0 Å². The minimum atomic E-state index is 0. The van der Waals surface area contributed by atoms with Crippen molar-refractivity contribution in [3.05, 3.63) is 0 Å². The number of rotatable bonds is 0. The van der Waals surface area contributed by atoms with Gasteiger partial charge in [0.15, 0.2) is 0 Å². The van der Waals surface area contributed by atoms with Gasteiger partial charge >= 0.3 is 43.1 Å². The van der Waals surface area contributed by atoms with Crippen LogP contribution in [0.4, 0.5) is 0 Å². The molecule has 0 unspecified atom stereocenters. The number of hydrogen-bond acceptors (Lipinski definition) is 1. The van der Waals surface area contributed by atoms with Crippen LogP contribution in [0.1, 0.15) is 0 Å². The van der Waals surface area contributed by atoms with Crippen LogP contribution in [-0.2, 0) is 37.1 Å². The molecule has 0 rings (SSSR count). The molecule has 0 saturated heterocycles. The summed E-state index contributed by atoms with van der Waals surface area (Å²) in [5, 5.41) is 0. The van der Waals surface area contributed by atoms with Gasteiger partial charge in [-0.2, -0.15) is 0 Å². The minimum absolute atomic E-state index is 0. The predicted octanol–water partition coefficient (Wildman–Crippen LogP) is -1.69. The van der Waals surface area contributed by atoms with Crippen molar-refractivity contribution in [3.63, 3.8) is 0 Å². The van der Waals surface area contributed by atoms with Crippen LogP contribution in [0.15, 0.2) is 0 Å². The van der Waals surface area contributed by atoms with Crippen molar-refractivity contribution in [2.45, 2.75) is 0 Å². The van der Waals surface area contributed by atoms with Gasteiger partial charge in [0.05, 0.1) is 0 Å². The molecular formula is H3AlCoMgNiO. The van der Waals surface area contributed by atoms with Crippen LogP contribution in [0.2, 0.25) is 0 Å². The molecule has 0 aromatic carbocycles. The molecule has 0 fully saturated rings. The zero-order chi connectivity index (χ0) is 2.00. The van der Waals surface area contributed by atoms with Crippen LogP contribution in [0, 0.1) is 0 Å². The standard InChI is InChI=1S/Al.Co.Mg.Ni.O.3H. The predicted molar refractivity (Wildman–Crippen MR) is 16.4 cm³/mol. The van der Waals surface area contributed by atoms with E-state index in [2.05, 4.69) is 0 Å². The number of hydrogen-bond donors (Lipinski definition) is 0. The zero-order valence-corrected chi connectivity index (χ0v) is 5.21. The molecule has 0 atom stereocenters. The third kappa shape index (κ3) is 23.3. The fourth-order valence-electron chi connectivity index (χ4n) is 0. The van der Waals surface area contributed by atoms with Gasteiger partial charge < -0.3 is 0 Å². The van der Waals surface area contributed by atoms with Crippen molar-refractivity contribution in [3.8, 4) is 0 Å². The summed E-state index contributed by atoms with van der Waals surface area (Å²) in [5.41, 5.74) is 0. The Morgan fingerprint density at radius 3 is 1.20 bits per heavy atom. The Kier molecular flexibility index (Phi) is 198. The summed E-state index contributed by atoms with van der Waals surface area (Å²) in [6.07, 6.45) is 0. The maximum atomic E-state index is 8.28. The average Bonchev–Trinajstić information content (AvgIpc) is 1.00. The van der Waals surface area contributed by atoms with Crippen molar-refractivity contribution in [1.29, 1.82) is 0 Å². The van der Waals surface area contributed by atoms with E-state index in [1.54, 1.807) is 0 Å². The van der Waals surface area contributed by atoms with Crippen LogP contribution in [0.3, 0.4) is 0 Å². The Hall–Kier alpha value is 2.10. The van der Waals surface area contributed by atoms with Crippen LogP contribution in [0.25, 0.3) is 0 Å². The first-order valence-corrected chi connectivity index (χ1v) is 0.866. The Balaban J connectivity index is -0.00000000167. The van der Waals surface area contributed by atoms with Gasteiger partial charge in [-0.05, 0) is 0 Å². The van der Waals surface area contributed by atoms with Gasteiger partial charge in [-0.1, -0.05) is 0 Å². The van der Waals surface area contributed by atoms with Gasteiger partial charge in [0.1, 0.15) is 0 Å². The quantitative estimate of drug-likeness (QED) is 0.414. The second-order valence-electron chi connectivity index (χ2n) is 0. The molecule has 1 nitrogen and oxygen atoms in total. The Morgan fingerprint density at radius 1 is 1.20 bits per heavy atom. The van der Waals surface area contributed by atoms with Crippen molar-refractivity contribution in [2.24, 2.45) is 0 Å². The van der Waals surface area contributed by atoms with Crippen LogP contribution in [0.5, 0.6) is 0 Å². The van der Waals surface area contributed by atoms with E-state index in [9.17, 15) is 0 Å². The molecule has 0 aliphatic rings. The summed E-state index contributed by atoms with van der Waals surface area (Å²) in [5.74, 6) is 0. The van der Waals surface area contributed by atoms with E-state index in [1.165, 1.54) is 0 Å². The molecule has 0 amide bonds. The van der Waals surface area contributed by atoms with Crippen molar-refractivity contribution >= 4 is 39.3 Å². The molecule has 0 spiro atoms. The zero-order valence-electron chi connectivity index (χ0n) is 1.76. The van der Waals surface area contributed by atoms with Crippen molar-refractivity contribution in [2.75, 3.05) is 0 Å². The molecule has 0 aliphatic carbocycles. The molecule has 5 heavy (non-hydrogen) atoms. The molecule has 33 valence electrons. The maximum absolute atomic E-state index is 8.28. The van der Waals surface area contributed by atoms with E-state index < -0.39 is 0 Å². The van der Waals surface area contributed by atoms with E-state index >= 15 is 0 Å². The normalized spacial score (nSPS) is 0.600. The van der Waals surface area contributed by atoms with E-state index in [0.717, 1.165) is 0 Å². The first kappa shape index (κ1) is 27.5. The molecule has 0 aliphatic heterocycles. The molecule has 0 aromatic rings. The summed E-state index contributed by atoms with van der Waals surface area (Å²) < 4.78 is 8.28. The third-order valence-electron chi connectivity index (χ3n) is 0. The van der Waals surface area contributed by atoms with Gasteiger partial charge in [-0.3, -0.25) is 0 Å². The molecular weight excluding hydrogens is 185 g/mol. The summed E-state index contributed by atoms with van der Waals surface area (Å²) in [7, 11) is 0. The van der Waals surface area contributed by atoms with Crippen molar-refractivity contribution in [1.82, 2.24) is 0 Å². The monoisotopic (exact) mass is 187 g/mol. The van der Waals surface area contributed by atoms with E-state index in [0.29, 0.717) is 16.2 Å². The second kappa shape index (κ2) is 36.0. The summed E-state index contributed by atoms with van der Waals surface area (Å²) in [6, 6.07) is 0. The Morgan fingerprint density at radius 2 is 1.20 bits per heavy atom. The van der Waals surface area contributed by atoms with Gasteiger partial charge in [-0.25, -0.2) is 0 Å². The van der Waals surface area contributed by atoms with Gasteiger partial charge in [0, 0.05) is 33.3 Å². The van der Waals surface area contributed by atoms with Crippen molar-refractivity contribution < 1.29 is 37.1 Å². The third-order valence-corrected chi connectivity index (χ3v) is 0. The summed E-state index contributed by atoms with van der Waals surface area (Å²) >= 11 is 0.611. The molecule has 0 N–H and O–H groups in total. The molecule has 5 heteroatoms. The van der Waals surface area contributed by atoms with Crippen LogP contribution in [-0.4, -0.2) is 39.3 Å². The summed E-state index contributed by atoms with van der Waals surface area (Å²) in [4.78, 5) is 0. The van der Waals surface area contributed by atoms with Gasteiger partial charge in [0.2, 0.25) is 0 Å².